The summed E-state index contributed by atoms with van der Waals surface area (Å²) in [7, 11) is 0. The summed E-state index contributed by atoms with van der Waals surface area (Å²) >= 11 is 0. The van der Waals surface area contributed by atoms with Gasteiger partial charge in [-0.05, 0) is 18.9 Å². The Morgan fingerprint density at radius 2 is 2.12 bits per heavy atom. The van der Waals surface area contributed by atoms with E-state index in [0.29, 0.717) is 19.2 Å². The van der Waals surface area contributed by atoms with Gasteiger partial charge in [0.05, 0.1) is 17.9 Å². The summed E-state index contributed by atoms with van der Waals surface area (Å²) in [5.74, 6) is 0.684. The highest BCUT2D eigenvalue weighted by atomic mass is 16.5. The quantitative estimate of drug-likeness (QED) is 0.910. The first kappa shape index (κ1) is 15.2. The van der Waals surface area contributed by atoms with Crippen molar-refractivity contribution in [3.63, 3.8) is 0 Å². The van der Waals surface area contributed by atoms with E-state index in [-0.39, 0.29) is 5.91 Å². The van der Waals surface area contributed by atoms with Gasteiger partial charge in [-0.15, -0.1) is 0 Å². The molecule has 1 aliphatic heterocycles. The van der Waals surface area contributed by atoms with Crippen LogP contribution >= 0.6 is 0 Å². The molecule has 0 spiro atoms. The van der Waals surface area contributed by atoms with Gasteiger partial charge in [0.15, 0.2) is 0 Å². The number of amides is 1. The predicted octanol–water partition coefficient (Wildman–Crippen LogP) is 2.66. The molecular formula is C18H22N4O2. The number of hydrogen-bond donors (Lipinski definition) is 2. The number of anilines is 1. The normalized spacial score (nSPS) is 20.9. The number of para-hydroxylation sites is 1. The van der Waals surface area contributed by atoms with Crippen LogP contribution in [-0.2, 0) is 4.79 Å². The maximum Gasteiger partial charge on any atom is 0.246 e. The molecule has 1 aromatic carbocycles. The lowest BCUT2D eigenvalue weighted by Gasteiger charge is -2.16. The molecule has 0 saturated heterocycles. The summed E-state index contributed by atoms with van der Waals surface area (Å²) in [5.41, 5.74) is 1.62. The van der Waals surface area contributed by atoms with Crippen molar-refractivity contribution in [2.24, 2.45) is 0 Å². The first-order valence-corrected chi connectivity index (χ1v) is 8.61. The molecule has 1 aromatic heterocycles. The van der Waals surface area contributed by atoms with Crippen LogP contribution in [0, 0.1) is 0 Å². The van der Waals surface area contributed by atoms with E-state index < -0.39 is 6.04 Å². The molecule has 1 unspecified atom stereocenters. The molecule has 1 fully saturated rings. The Bertz CT molecular complexity index is 721. The van der Waals surface area contributed by atoms with Gasteiger partial charge in [0.25, 0.3) is 0 Å². The topological polar surface area (TPSA) is 68.2 Å². The fraction of sp³-hybridized carbons (Fsp3) is 0.444. The summed E-state index contributed by atoms with van der Waals surface area (Å²) in [4.78, 5) is 12.7. The van der Waals surface area contributed by atoms with Crippen LogP contribution in [0.4, 0.5) is 5.69 Å². The Balaban J connectivity index is 1.50. The molecule has 126 valence electrons. The SMILES string of the molecule is O=C(Nc1cnn(C2CCCC2)c1)C1NCCOc2ccccc21. The maximum atomic E-state index is 12.7. The molecule has 24 heavy (non-hydrogen) atoms. The lowest BCUT2D eigenvalue weighted by Crippen LogP contribution is -2.33. The van der Waals surface area contributed by atoms with Crippen molar-refractivity contribution in [2.45, 2.75) is 37.8 Å². The Hall–Kier alpha value is -2.34. The van der Waals surface area contributed by atoms with Gasteiger partial charge in [-0.2, -0.15) is 5.10 Å². The van der Waals surface area contributed by atoms with Crippen LogP contribution < -0.4 is 15.4 Å². The number of fused-ring (bicyclic) bond motifs is 1. The minimum absolute atomic E-state index is 0.0843. The molecule has 6 heteroatoms. The number of rotatable bonds is 3. The number of nitrogens with zero attached hydrogens (tertiary/aromatic N) is 2. The number of nitrogens with one attached hydrogen (secondary N) is 2. The van der Waals surface area contributed by atoms with Crippen LogP contribution in [0.1, 0.15) is 43.3 Å². The zero-order chi connectivity index (χ0) is 16.4. The van der Waals surface area contributed by atoms with Crippen LogP contribution in [0.3, 0.4) is 0 Å². The second kappa shape index (κ2) is 6.65. The maximum absolute atomic E-state index is 12.7. The van der Waals surface area contributed by atoms with Crippen LogP contribution in [0.5, 0.6) is 5.75 Å². The molecule has 1 aliphatic carbocycles. The van der Waals surface area contributed by atoms with Crippen LogP contribution in [0.2, 0.25) is 0 Å². The van der Waals surface area contributed by atoms with Gasteiger partial charge in [0.1, 0.15) is 18.4 Å². The number of aromatic nitrogens is 2. The van der Waals surface area contributed by atoms with Crippen molar-refractivity contribution in [1.29, 1.82) is 0 Å². The van der Waals surface area contributed by atoms with E-state index in [4.69, 9.17) is 4.74 Å². The second-order valence-corrected chi connectivity index (χ2v) is 6.41. The average molecular weight is 326 g/mol. The molecule has 2 heterocycles. The van der Waals surface area contributed by atoms with Gasteiger partial charge in [0, 0.05) is 18.3 Å². The number of ether oxygens (including phenoxy) is 1. The number of hydrogen-bond acceptors (Lipinski definition) is 4. The zero-order valence-electron chi connectivity index (χ0n) is 13.6. The van der Waals surface area contributed by atoms with Crippen LogP contribution in [0.15, 0.2) is 36.7 Å². The third-order valence-corrected chi connectivity index (χ3v) is 4.77. The van der Waals surface area contributed by atoms with E-state index in [9.17, 15) is 4.79 Å². The summed E-state index contributed by atoms with van der Waals surface area (Å²) in [6, 6.07) is 7.73. The Morgan fingerprint density at radius 3 is 3.00 bits per heavy atom. The molecule has 2 aromatic rings. The summed E-state index contributed by atoms with van der Waals surface area (Å²) < 4.78 is 7.68. The minimum atomic E-state index is -0.418. The highest BCUT2D eigenvalue weighted by molar-refractivity contribution is 5.95. The molecular weight excluding hydrogens is 304 g/mol. The predicted molar refractivity (Wildman–Crippen MR) is 91.0 cm³/mol. The van der Waals surface area contributed by atoms with Crippen molar-refractivity contribution in [1.82, 2.24) is 15.1 Å². The molecule has 1 atom stereocenters. The van der Waals surface area contributed by atoms with Crippen LogP contribution in [0.25, 0.3) is 0 Å². The standard InChI is InChI=1S/C18H22N4O2/c23-18(17-15-7-3-4-8-16(15)24-10-9-19-17)21-13-11-20-22(12-13)14-5-1-2-6-14/h3-4,7-8,11-12,14,17,19H,1-2,5-6,9-10H2,(H,21,23). The van der Waals surface area contributed by atoms with Gasteiger partial charge in [-0.1, -0.05) is 31.0 Å². The first-order chi connectivity index (χ1) is 11.8. The lowest BCUT2D eigenvalue weighted by atomic mass is 10.1. The summed E-state index contributed by atoms with van der Waals surface area (Å²) in [5, 5.41) is 10.7. The molecule has 2 N–H and O–H groups in total. The third-order valence-electron chi connectivity index (χ3n) is 4.77. The number of carbonyl (C=O) groups is 1. The van der Waals surface area contributed by atoms with E-state index in [0.717, 1.165) is 17.0 Å². The molecule has 0 bridgehead atoms. The minimum Gasteiger partial charge on any atom is -0.492 e. The molecule has 2 aliphatic rings. The molecule has 0 radical (unpaired) electrons. The summed E-state index contributed by atoms with van der Waals surface area (Å²) in [6.45, 7) is 1.19. The number of carbonyl (C=O) groups excluding carboxylic acids is 1. The van der Waals surface area contributed by atoms with E-state index in [1.807, 2.05) is 35.1 Å². The molecule has 4 rings (SSSR count). The average Bonchev–Trinajstić information content (AvgIpc) is 3.23. The largest absolute Gasteiger partial charge is 0.492 e. The Morgan fingerprint density at radius 1 is 1.29 bits per heavy atom. The molecule has 1 amide bonds. The highest BCUT2D eigenvalue weighted by Crippen LogP contribution is 2.30. The number of benzene rings is 1. The van der Waals surface area contributed by atoms with E-state index in [2.05, 4.69) is 15.7 Å². The third kappa shape index (κ3) is 3.01. The fourth-order valence-corrected chi connectivity index (χ4v) is 3.54. The van der Waals surface area contributed by atoms with Crippen molar-refractivity contribution in [3.8, 4) is 5.75 Å². The van der Waals surface area contributed by atoms with Gasteiger partial charge in [0.2, 0.25) is 5.91 Å². The molecule has 1 saturated carbocycles. The molecule has 6 nitrogen and oxygen atoms in total. The van der Waals surface area contributed by atoms with Crippen molar-refractivity contribution >= 4 is 11.6 Å². The van der Waals surface area contributed by atoms with Gasteiger partial charge < -0.3 is 10.1 Å². The highest BCUT2D eigenvalue weighted by Gasteiger charge is 2.26. The van der Waals surface area contributed by atoms with Crippen LogP contribution in [-0.4, -0.2) is 28.8 Å². The lowest BCUT2D eigenvalue weighted by molar-refractivity contribution is -0.118. The smallest absolute Gasteiger partial charge is 0.246 e. The first-order valence-electron chi connectivity index (χ1n) is 8.61. The summed E-state index contributed by atoms with van der Waals surface area (Å²) in [6.07, 6.45) is 8.53. The monoisotopic (exact) mass is 326 g/mol. The van der Waals surface area contributed by atoms with E-state index in [1.54, 1.807) is 6.20 Å². The van der Waals surface area contributed by atoms with Crippen molar-refractivity contribution in [2.75, 3.05) is 18.5 Å². The fourth-order valence-electron chi connectivity index (χ4n) is 3.54. The van der Waals surface area contributed by atoms with Gasteiger partial charge in [-0.3, -0.25) is 14.8 Å². The zero-order valence-corrected chi connectivity index (χ0v) is 13.6. The van der Waals surface area contributed by atoms with Crippen molar-refractivity contribution in [3.05, 3.63) is 42.2 Å². The van der Waals surface area contributed by atoms with Gasteiger partial charge >= 0.3 is 0 Å². The van der Waals surface area contributed by atoms with Gasteiger partial charge in [-0.25, -0.2) is 0 Å². The van der Waals surface area contributed by atoms with Crippen molar-refractivity contribution < 1.29 is 9.53 Å². The second-order valence-electron chi connectivity index (χ2n) is 6.41. The van der Waals surface area contributed by atoms with E-state index in [1.165, 1.54) is 25.7 Å². The Kier molecular flexibility index (Phi) is 4.21. The van der Waals surface area contributed by atoms with E-state index >= 15 is 0 Å². The Labute approximate surface area is 141 Å².